The van der Waals surface area contributed by atoms with E-state index < -0.39 is 9.84 Å². The first-order valence-corrected chi connectivity index (χ1v) is 8.99. The summed E-state index contributed by atoms with van der Waals surface area (Å²) < 4.78 is 28.5. The molecule has 1 aliphatic heterocycles. The molecule has 2 atom stereocenters. The first-order valence-electron chi connectivity index (χ1n) is 7.17. The van der Waals surface area contributed by atoms with Gasteiger partial charge in [0.25, 0.3) is 0 Å². The van der Waals surface area contributed by atoms with Crippen LogP contribution in [0, 0.1) is 0 Å². The van der Waals surface area contributed by atoms with Crippen molar-refractivity contribution in [2.24, 2.45) is 5.73 Å². The molecule has 0 radical (unpaired) electrons. The molecular formula is C15H24N2O3S. The first kappa shape index (κ1) is 16.4. The van der Waals surface area contributed by atoms with Crippen LogP contribution in [0.2, 0.25) is 0 Å². The summed E-state index contributed by atoms with van der Waals surface area (Å²) in [4.78, 5) is 2.11. The average molecular weight is 312 g/mol. The zero-order valence-corrected chi connectivity index (χ0v) is 13.5. The Morgan fingerprint density at radius 2 is 2.24 bits per heavy atom. The van der Waals surface area contributed by atoms with E-state index in [2.05, 4.69) is 11.0 Å². The summed E-state index contributed by atoms with van der Waals surface area (Å²) in [6.07, 6.45) is 0.688. The normalized spacial score (nSPS) is 22.6. The van der Waals surface area contributed by atoms with E-state index in [9.17, 15) is 8.42 Å². The fraction of sp³-hybridized carbons (Fsp3) is 0.600. The Hall–Kier alpha value is -0.950. The van der Waals surface area contributed by atoms with Crippen LogP contribution < -0.4 is 5.73 Å². The van der Waals surface area contributed by atoms with E-state index in [4.69, 9.17) is 10.5 Å². The number of nitrogens with two attached hydrogens (primary N) is 1. The largest absolute Gasteiger partial charge is 0.380 e. The second-order valence-electron chi connectivity index (χ2n) is 5.65. The molecule has 2 unspecified atom stereocenters. The van der Waals surface area contributed by atoms with Gasteiger partial charge >= 0.3 is 0 Å². The van der Waals surface area contributed by atoms with Crippen LogP contribution in [0.5, 0.6) is 0 Å². The van der Waals surface area contributed by atoms with Gasteiger partial charge in [-0.15, -0.1) is 0 Å². The van der Waals surface area contributed by atoms with Gasteiger partial charge in [0.15, 0.2) is 9.84 Å². The molecule has 21 heavy (non-hydrogen) atoms. The van der Waals surface area contributed by atoms with Gasteiger partial charge in [-0.3, -0.25) is 4.90 Å². The minimum absolute atomic E-state index is 0.0279. The maximum absolute atomic E-state index is 11.7. The highest BCUT2D eigenvalue weighted by Gasteiger charge is 2.33. The third kappa shape index (κ3) is 4.03. The zero-order chi connectivity index (χ0) is 15.5. The summed E-state index contributed by atoms with van der Waals surface area (Å²) in [6.45, 7) is 1.02. The van der Waals surface area contributed by atoms with Crippen molar-refractivity contribution in [1.82, 2.24) is 4.90 Å². The van der Waals surface area contributed by atoms with Crippen LogP contribution in [0.4, 0.5) is 0 Å². The van der Waals surface area contributed by atoms with Crippen LogP contribution in [-0.4, -0.2) is 51.6 Å². The number of benzene rings is 1. The second-order valence-corrected chi connectivity index (χ2v) is 7.88. The van der Waals surface area contributed by atoms with Crippen LogP contribution in [0.15, 0.2) is 24.3 Å². The molecule has 0 saturated carbocycles. The number of hydrogen-bond donors (Lipinski definition) is 1. The highest BCUT2D eigenvalue weighted by atomic mass is 32.2. The smallest absolute Gasteiger partial charge is 0.151 e. The number of likely N-dealkylation sites (N-methyl/N-ethyl adjacent to an activating group) is 1. The lowest BCUT2D eigenvalue weighted by atomic mass is 10.0. The SMILES string of the molecule is COCc1cccc(C(CN)N(C)C2CCS(=O)(=O)C2)c1. The fourth-order valence-electron chi connectivity index (χ4n) is 2.95. The van der Waals surface area contributed by atoms with Crippen molar-refractivity contribution in [3.05, 3.63) is 35.4 Å². The van der Waals surface area contributed by atoms with Crippen LogP contribution in [-0.2, 0) is 21.2 Å². The highest BCUT2D eigenvalue weighted by Crippen LogP contribution is 2.26. The number of ether oxygens (including phenoxy) is 1. The van der Waals surface area contributed by atoms with Gasteiger partial charge in [-0.1, -0.05) is 24.3 Å². The molecule has 5 nitrogen and oxygen atoms in total. The molecule has 0 bridgehead atoms. The molecule has 2 rings (SSSR count). The molecular weight excluding hydrogens is 288 g/mol. The summed E-state index contributed by atoms with van der Waals surface area (Å²) in [7, 11) is 0.750. The third-order valence-corrected chi connectivity index (χ3v) is 5.90. The lowest BCUT2D eigenvalue weighted by molar-refractivity contribution is 0.182. The van der Waals surface area contributed by atoms with Crippen molar-refractivity contribution in [1.29, 1.82) is 0 Å². The number of sulfone groups is 1. The Labute approximate surface area is 127 Å². The third-order valence-electron chi connectivity index (χ3n) is 4.15. The van der Waals surface area contributed by atoms with E-state index >= 15 is 0 Å². The van der Waals surface area contributed by atoms with Gasteiger partial charge in [0.1, 0.15) is 0 Å². The molecule has 118 valence electrons. The number of methoxy groups -OCH3 is 1. The molecule has 6 heteroatoms. The van der Waals surface area contributed by atoms with Crippen molar-refractivity contribution >= 4 is 9.84 Å². The molecule has 1 saturated heterocycles. The number of hydrogen-bond acceptors (Lipinski definition) is 5. The summed E-state index contributed by atoms with van der Waals surface area (Å²) in [5.41, 5.74) is 8.15. The standard InChI is InChI=1S/C15H24N2O3S/c1-17(14-6-7-21(18,19)11-14)15(9-16)13-5-3-4-12(8-13)10-20-2/h3-5,8,14-15H,6-7,9-11,16H2,1-2H3. The van der Waals surface area contributed by atoms with E-state index in [1.54, 1.807) is 7.11 Å². The van der Waals surface area contributed by atoms with Crippen molar-refractivity contribution in [3.8, 4) is 0 Å². The summed E-state index contributed by atoms with van der Waals surface area (Å²) >= 11 is 0. The molecule has 1 heterocycles. The molecule has 1 aromatic rings. The fourth-order valence-corrected chi connectivity index (χ4v) is 4.73. The predicted molar refractivity (Wildman–Crippen MR) is 83.8 cm³/mol. The molecule has 1 fully saturated rings. The molecule has 0 aromatic heterocycles. The van der Waals surface area contributed by atoms with Crippen LogP contribution >= 0.6 is 0 Å². The van der Waals surface area contributed by atoms with Crippen LogP contribution in [0.3, 0.4) is 0 Å². The predicted octanol–water partition coefficient (Wildman–Crippen LogP) is 0.952. The molecule has 0 aliphatic carbocycles. The Morgan fingerprint density at radius 3 is 2.81 bits per heavy atom. The minimum Gasteiger partial charge on any atom is -0.380 e. The molecule has 0 spiro atoms. The maximum Gasteiger partial charge on any atom is 0.151 e. The van der Waals surface area contributed by atoms with Gasteiger partial charge in [0, 0.05) is 25.7 Å². The highest BCUT2D eigenvalue weighted by molar-refractivity contribution is 7.91. The average Bonchev–Trinajstić information content (AvgIpc) is 2.81. The van der Waals surface area contributed by atoms with Gasteiger partial charge in [-0.2, -0.15) is 0 Å². The molecule has 1 aromatic carbocycles. The van der Waals surface area contributed by atoms with Gasteiger partial charge < -0.3 is 10.5 Å². The van der Waals surface area contributed by atoms with Crippen molar-refractivity contribution in [2.75, 3.05) is 32.2 Å². The maximum atomic E-state index is 11.7. The monoisotopic (exact) mass is 312 g/mol. The minimum atomic E-state index is -2.88. The van der Waals surface area contributed by atoms with E-state index in [0.717, 1.165) is 11.1 Å². The van der Waals surface area contributed by atoms with Gasteiger partial charge in [-0.25, -0.2) is 8.42 Å². The molecule has 1 aliphatic rings. The van der Waals surface area contributed by atoms with Crippen molar-refractivity contribution in [3.63, 3.8) is 0 Å². The lowest BCUT2D eigenvalue weighted by Crippen LogP contribution is -2.39. The van der Waals surface area contributed by atoms with Crippen LogP contribution in [0.1, 0.15) is 23.6 Å². The Kier molecular flexibility index (Phi) is 5.37. The quantitative estimate of drug-likeness (QED) is 0.847. The van der Waals surface area contributed by atoms with Crippen molar-refractivity contribution < 1.29 is 13.2 Å². The zero-order valence-electron chi connectivity index (χ0n) is 12.7. The Bertz CT molecular complexity index is 574. The van der Waals surface area contributed by atoms with E-state index in [0.29, 0.717) is 19.6 Å². The second kappa shape index (κ2) is 6.87. The summed E-state index contributed by atoms with van der Waals surface area (Å²) in [5.74, 6) is 0.515. The van der Waals surface area contributed by atoms with E-state index in [1.807, 2.05) is 25.2 Å². The lowest BCUT2D eigenvalue weighted by Gasteiger charge is -2.32. The number of nitrogens with zero attached hydrogens (tertiary/aromatic N) is 1. The van der Waals surface area contributed by atoms with Gasteiger partial charge in [-0.05, 0) is 24.6 Å². The van der Waals surface area contributed by atoms with Crippen LogP contribution in [0.25, 0.3) is 0 Å². The Morgan fingerprint density at radius 1 is 1.48 bits per heavy atom. The topological polar surface area (TPSA) is 72.6 Å². The van der Waals surface area contributed by atoms with Gasteiger partial charge in [0.2, 0.25) is 0 Å². The number of rotatable bonds is 6. The summed E-state index contributed by atoms with van der Waals surface area (Å²) in [5, 5.41) is 0. The van der Waals surface area contributed by atoms with E-state index in [-0.39, 0.29) is 23.6 Å². The molecule has 2 N–H and O–H groups in total. The molecule has 0 amide bonds. The van der Waals surface area contributed by atoms with E-state index in [1.165, 1.54) is 0 Å². The van der Waals surface area contributed by atoms with Crippen molar-refractivity contribution in [2.45, 2.75) is 25.1 Å². The first-order chi connectivity index (χ1) is 9.96. The van der Waals surface area contributed by atoms with Gasteiger partial charge in [0.05, 0.1) is 18.1 Å². The summed E-state index contributed by atoms with van der Waals surface area (Å²) in [6, 6.07) is 8.21. The Balaban J connectivity index is 2.17.